The fourth-order valence-electron chi connectivity index (χ4n) is 1.60. The van der Waals surface area contributed by atoms with Gasteiger partial charge in [0.1, 0.15) is 5.60 Å². The van der Waals surface area contributed by atoms with Crippen LogP contribution in [-0.2, 0) is 4.74 Å². The molecule has 3 heteroatoms. The molecule has 0 aromatic carbocycles. The van der Waals surface area contributed by atoms with E-state index in [1.165, 1.54) is 19.3 Å². The van der Waals surface area contributed by atoms with Gasteiger partial charge in [0, 0.05) is 0 Å². The molecule has 11 heavy (non-hydrogen) atoms. The Labute approximate surface area is 80.8 Å². The molecule has 2 nitrogen and oxygen atoms in total. The molecule has 64 valence electrons. The molecule has 0 spiro atoms. The number of halogens is 1. The smallest absolute Gasteiger partial charge is 0.367 e. The van der Waals surface area contributed by atoms with Gasteiger partial charge >= 0.3 is 3.98 Å². The van der Waals surface area contributed by atoms with Crippen LogP contribution < -0.4 is 0 Å². The van der Waals surface area contributed by atoms with Crippen LogP contribution in [0.3, 0.4) is 0 Å². The molecule has 1 aliphatic carbocycles. The number of hydrogen-bond acceptors (Lipinski definition) is 2. The first-order valence-corrected chi connectivity index (χ1v) is 5.09. The molecule has 0 heterocycles. The third-order valence-corrected chi connectivity index (χ3v) is 2.46. The topological polar surface area (TPSA) is 26.3 Å². The highest BCUT2D eigenvalue weighted by Crippen LogP contribution is 2.31. The Morgan fingerprint density at radius 1 is 1.36 bits per heavy atom. The highest BCUT2D eigenvalue weighted by Gasteiger charge is 2.29. The monoisotopic (exact) mass is 268 g/mol. The normalized spacial score (nSPS) is 22.7. The average Bonchev–Trinajstić information content (AvgIpc) is 1.85. The molecule has 1 fully saturated rings. The second kappa shape index (κ2) is 3.74. The summed E-state index contributed by atoms with van der Waals surface area (Å²) in [6.07, 6.45) is 5.73. The van der Waals surface area contributed by atoms with E-state index < -0.39 is 0 Å². The largest absolute Gasteiger partial charge is 0.452 e. The number of carbonyl (C=O) groups excluding carboxylic acids is 1. The lowest BCUT2D eigenvalue weighted by molar-refractivity contribution is 0.0151. The highest BCUT2D eigenvalue weighted by molar-refractivity contribution is 14.1. The third-order valence-electron chi connectivity index (χ3n) is 2.24. The number of rotatable bonds is 1. The molecule has 0 N–H and O–H groups in total. The SMILES string of the molecule is CC1(OC(=O)I)CCCCC1. The second-order valence-electron chi connectivity index (χ2n) is 3.35. The van der Waals surface area contributed by atoms with Crippen molar-refractivity contribution in [3.05, 3.63) is 0 Å². The predicted molar refractivity (Wildman–Crippen MR) is 52.0 cm³/mol. The van der Waals surface area contributed by atoms with Crippen molar-refractivity contribution < 1.29 is 9.53 Å². The molecule has 0 radical (unpaired) electrons. The Morgan fingerprint density at radius 3 is 2.36 bits per heavy atom. The van der Waals surface area contributed by atoms with Crippen LogP contribution in [-0.4, -0.2) is 9.58 Å². The molecule has 0 amide bonds. The van der Waals surface area contributed by atoms with Gasteiger partial charge in [-0.05, 0) is 32.6 Å². The van der Waals surface area contributed by atoms with E-state index in [-0.39, 0.29) is 9.58 Å². The highest BCUT2D eigenvalue weighted by atomic mass is 127. The van der Waals surface area contributed by atoms with Crippen LogP contribution in [0.2, 0.25) is 0 Å². The van der Waals surface area contributed by atoms with Gasteiger partial charge in [0.15, 0.2) is 0 Å². The zero-order chi connectivity index (χ0) is 8.32. The molecule has 1 rings (SSSR count). The second-order valence-corrected chi connectivity index (χ2v) is 4.23. The lowest BCUT2D eigenvalue weighted by atomic mass is 9.86. The van der Waals surface area contributed by atoms with Crippen molar-refractivity contribution in [1.29, 1.82) is 0 Å². The van der Waals surface area contributed by atoms with Gasteiger partial charge in [-0.25, -0.2) is 4.79 Å². The minimum absolute atomic E-state index is 0.156. The Hall–Kier alpha value is 0.200. The number of carbonyl (C=O) groups is 1. The zero-order valence-electron chi connectivity index (χ0n) is 6.73. The first-order valence-electron chi connectivity index (χ1n) is 4.01. The van der Waals surface area contributed by atoms with Gasteiger partial charge in [0.05, 0.1) is 22.6 Å². The quantitative estimate of drug-likeness (QED) is 0.539. The minimum Gasteiger partial charge on any atom is -0.452 e. The fourth-order valence-corrected chi connectivity index (χ4v) is 2.13. The van der Waals surface area contributed by atoms with E-state index in [2.05, 4.69) is 0 Å². The van der Waals surface area contributed by atoms with Crippen LogP contribution >= 0.6 is 22.6 Å². The van der Waals surface area contributed by atoms with E-state index in [4.69, 9.17) is 4.74 Å². The van der Waals surface area contributed by atoms with E-state index in [0.717, 1.165) is 12.8 Å². The molecule has 1 saturated carbocycles. The van der Waals surface area contributed by atoms with Gasteiger partial charge in [0.25, 0.3) is 0 Å². The molecule has 0 unspecified atom stereocenters. The Morgan fingerprint density at radius 2 is 1.91 bits per heavy atom. The Balaban J connectivity index is 2.43. The van der Waals surface area contributed by atoms with Gasteiger partial charge in [-0.3, -0.25) is 0 Å². The average molecular weight is 268 g/mol. The summed E-state index contributed by atoms with van der Waals surface area (Å²) < 4.78 is 5.05. The minimum atomic E-state index is -0.174. The lowest BCUT2D eigenvalue weighted by Gasteiger charge is -2.32. The number of hydrogen-bond donors (Lipinski definition) is 0. The summed E-state index contributed by atoms with van der Waals surface area (Å²) in [7, 11) is 0. The summed E-state index contributed by atoms with van der Waals surface area (Å²) in [6.45, 7) is 2.03. The van der Waals surface area contributed by atoms with E-state index in [1.54, 1.807) is 22.6 Å². The van der Waals surface area contributed by atoms with Crippen molar-refractivity contribution in [3.63, 3.8) is 0 Å². The third kappa shape index (κ3) is 2.97. The molecule has 0 atom stereocenters. The van der Waals surface area contributed by atoms with Crippen molar-refractivity contribution in [2.45, 2.75) is 44.6 Å². The first-order chi connectivity index (χ1) is 5.12. The number of ether oxygens (including phenoxy) is 1. The summed E-state index contributed by atoms with van der Waals surface area (Å²) >= 11 is 1.69. The molecule has 0 saturated heterocycles. The van der Waals surface area contributed by atoms with Crippen molar-refractivity contribution in [1.82, 2.24) is 0 Å². The standard InChI is InChI=1S/C8H13IO2/c1-8(11-7(9)10)5-3-2-4-6-8/h2-6H2,1H3. The van der Waals surface area contributed by atoms with Crippen LogP contribution in [0.1, 0.15) is 39.0 Å². The van der Waals surface area contributed by atoms with Gasteiger partial charge in [-0.1, -0.05) is 6.42 Å². The first kappa shape index (κ1) is 9.29. The summed E-state index contributed by atoms with van der Waals surface area (Å²) in [6, 6.07) is 0. The van der Waals surface area contributed by atoms with E-state index >= 15 is 0 Å². The van der Waals surface area contributed by atoms with E-state index in [0.29, 0.717) is 0 Å². The van der Waals surface area contributed by atoms with Crippen molar-refractivity contribution in [2.75, 3.05) is 0 Å². The molecular weight excluding hydrogens is 255 g/mol. The lowest BCUT2D eigenvalue weighted by Crippen LogP contribution is -2.31. The summed E-state index contributed by atoms with van der Waals surface area (Å²) in [5, 5.41) is 0. The molecule has 0 aromatic rings. The van der Waals surface area contributed by atoms with Crippen LogP contribution in [0.25, 0.3) is 0 Å². The summed E-state index contributed by atoms with van der Waals surface area (Å²) in [5.74, 6) is 0. The van der Waals surface area contributed by atoms with Gasteiger partial charge in [0.2, 0.25) is 0 Å². The van der Waals surface area contributed by atoms with Crippen molar-refractivity contribution >= 4 is 26.6 Å². The zero-order valence-corrected chi connectivity index (χ0v) is 8.89. The van der Waals surface area contributed by atoms with E-state index in [9.17, 15) is 4.79 Å². The maximum absolute atomic E-state index is 10.7. The predicted octanol–water partition coefficient (Wildman–Crippen LogP) is 3.28. The maximum Gasteiger partial charge on any atom is 0.367 e. The van der Waals surface area contributed by atoms with Crippen LogP contribution in [0.15, 0.2) is 0 Å². The van der Waals surface area contributed by atoms with Crippen molar-refractivity contribution in [3.8, 4) is 0 Å². The molecule has 0 aliphatic heterocycles. The summed E-state index contributed by atoms with van der Waals surface area (Å²) in [5.41, 5.74) is -0.156. The van der Waals surface area contributed by atoms with Crippen LogP contribution in [0.5, 0.6) is 0 Å². The maximum atomic E-state index is 10.7. The van der Waals surface area contributed by atoms with Gasteiger partial charge in [-0.2, -0.15) is 0 Å². The molecular formula is C8H13IO2. The van der Waals surface area contributed by atoms with Gasteiger partial charge in [-0.15, -0.1) is 0 Å². The fraction of sp³-hybridized carbons (Fsp3) is 0.875. The Kier molecular flexibility index (Phi) is 3.16. The molecule has 1 aliphatic rings. The Bertz CT molecular complexity index is 150. The van der Waals surface area contributed by atoms with Crippen LogP contribution in [0.4, 0.5) is 4.79 Å². The van der Waals surface area contributed by atoms with Crippen molar-refractivity contribution in [2.24, 2.45) is 0 Å². The van der Waals surface area contributed by atoms with Gasteiger partial charge < -0.3 is 4.74 Å². The van der Waals surface area contributed by atoms with Crippen LogP contribution in [0, 0.1) is 0 Å². The molecule has 0 bridgehead atoms. The summed E-state index contributed by atoms with van der Waals surface area (Å²) in [4.78, 5) is 10.7. The van der Waals surface area contributed by atoms with E-state index in [1.807, 2.05) is 6.92 Å². The molecule has 0 aromatic heterocycles.